The van der Waals surface area contributed by atoms with Gasteiger partial charge in [-0.1, -0.05) is 6.07 Å². The van der Waals surface area contributed by atoms with E-state index in [0.717, 1.165) is 25.1 Å². The van der Waals surface area contributed by atoms with Crippen molar-refractivity contribution in [1.82, 2.24) is 4.90 Å². The minimum absolute atomic E-state index is 0.00745. The van der Waals surface area contributed by atoms with Gasteiger partial charge in [-0.15, -0.1) is 0 Å². The van der Waals surface area contributed by atoms with Crippen LogP contribution in [0, 0.1) is 5.82 Å². The molecule has 2 aliphatic heterocycles. The van der Waals surface area contributed by atoms with Crippen molar-refractivity contribution in [3.05, 3.63) is 35.1 Å². The number of benzene rings is 1. The van der Waals surface area contributed by atoms with E-state index in [2.05, 4.69) is 4.90 Å². The van der Waals surface area contributed by atoms with Gasteiger partial charge in [0.15, 0.2) is 0 Å². The highest BCUT2D eigenvalue weighted by molar-refractivity contribution is 5.34. The second-order valence-corrected chi connectivity index (χ2v) is 4.55. The lowest BCUT2D eigenvalue weighted by Crippen LogP contribution is -2.42. The second-order valence-electron chi connectivity index (χ2n) is 4.55. The monoisotopic (exact) mass is 206 g/mol. The van der Waals surface area contributed by atoms with Crippen molar-refractivity contribution in [1.29, 1.82) is 0 Å². The number of nitrogens with zero attached hydrogens (tertiary/aromatic N) is 1. The zero-order chi connectivity index (χ0) is 10.4. The molecule has 2 nitrogen and oxygen atoms in total. The molecule has 1 aromatic rings. The Morgan fingerprint density at radius 3 is 3.13 bits per heavy atom. The van der Waals surface area contributed by atoms with Crippen LogP contribution in [0.4, 0.5) is 4.39 Å². The van der Waals surface area contributed by atoms with Gasteiger partial charge in [0.25, 0.3) is 0 Å². The van der Waals surface area contributed by atoms with Crippen molar-refractivity contribution >= 4 is 0 Å². The fraction of sp³-hybridized carbons (Fsp3) is 0.500. The van der Waals surface area contributed by atoms with Crippen LogP contribution in [-0.2, 0) is 6.54 Å². The number of halogens is 1. The van der Waals surface area contributed by atoms with Crippen LogP contribution in [0.1, 0.15) is 30.0 Å². The van der Waals surface area contributed by atoms with Crippen LogP contribution in [0.15, 0.2) is 18.2 Å². The molecule has 15 heavy (non-hydrogen) atoms. The molecule has 3 heteroatoms. The Bertz CT molecular complexity index is 391. The summed E-state index contributed by atoms with van der Waals surface area (Å²) in [6, 6.07) is 5.43. The topological polar surface area (TPSA) is 29.3 Å². The molecule has 1 unspecified atom stereocenters. The SMILES string of the molecule is NC1c2cc(F)ccc2CN2CCC[C@@H]12. The average molecular weight is 206 g/mol. The van der Waals surface area contributed by atoms with Crippen LogP contribution >= 0.6 is 0 Å². The lowest BCUT2D eigenvalue weighted by molar-refractivity contribution is 0.197. The maximum Gasteiger partial charge on any atom is 0.123 e. The highest BCUT2D eigenvalue weighted by atomic mass is 19.1. The van der Waals surface area contributed by atoms with Crippen molar-refractivity contribution < 1.29 is 4.39 Å². The molecule has 3 rings (SSSR count). The van der Waals surface area contributed by atoms with Gasteiger partial charge in [0.1, 0.15) is 5.82 Å². The first-order valence-corrected chi connectivity index (χ1v) is 5.53. The van der Waals surface area contributed by atoms with Gasteiger partial charge >= 0.3 is 0 Å². The summed E-state index contributed by atoms with van der Waals surface area (Å²) >= 11 is 0. The number of nitrogens with two attached hydrogens (primary N) is 1. The lowest BCUT2D eigenvalue weighted by atomic mass is 9.90. The molecule has 1 saturated heterocycles. The Hall–Kier alpha value is -0.930. The lowest BCUT2D eigenvalue weighted by Gasteiger charge is -2.36. The molecule has 1 aromatic carbocycles. The fourth-order valence-electron chi connectivity index (χ4n) is 2.90. The van der Waals surface area contributed by atoms with Gasteiger partial charge < -0.3 is 5.73 Å². The van der Waals surface area contributed by atoms with Gasteiger partial charge in [-0.3, -0.25) is 4.90 Å². The summed E-state index contributed by atoms with van der Waals surface area (Å²) < 4.78 is 13.1. The standard InChI is InChI=1S/C12H15FN2/c13-9-4-3-8-7-15-5-1-2-11(15)12(14)10(8)6-9/h3-4,6,11-12H,1-2,5,7,14H2/t11-,12?/m0/s1. The first-order valence-electron chi connectivity index (χ1n) is 5.53. The number of hydrogen-bond acceptors (Lipinski definition) is 2. The minimum atomic E-state index is -0.171. The molecule has 0 saturated carbocycles. The van der Waals surface area contributed by atoms with E-state index >= 15 is 0 Å². The summed E-state index contributed by atoms with van der Waals surface area (Å²) in [6.07, 6.45) is 2.37. The third kappa shape index (κ3) is 1.38. The Balaban J connectivity index is 2.05. The molecule has 2 N–H and O–H groups in total. The molecule has 0 spiro atoms. The number of fused-ring (bicyclic) bond motifs is 2. The maximum absolute atomic E-state index is 13.1. The van der Waals surface area contributed by atoms with Gasteiger partial charge in [-0.25, -0.2) is 4.39 Å². The number of hydrogen-bond donors (Lipinski definition) is 1. The Morgan fingerprint density at radius 1 is 1.40 bits per heavy atom. The van der Waals surface area contributed by atoms with E-state index in [1.54, 1.807) is 6.07 Å². The average Bonchev–Trinajstić information content (AvgIpc) is 2.68. The third-order valence-corrected chi connectivity index (χ3v) is 3.67. The predicted molar refractivity (Wildman–Crippen MR) is 56.8 cm³/mol. The zero-order valence-electron chi connectivity index (χ0n) is 8.62. The highest BCUT2D eigenvalue weighted by Gasteiger charge is 2.35. The van der Waals surface area contributed by atoms with Gasteiger partial charge in [-0.2, -0.15) is 0 Å². The van der Waals surface area contributed by atoms with Crippen molar-refractivity contribution in [3.8, 4) is 0 Å². The summed E-state index contributed by atoms with van der Waals surface area (Å²) in [5, 5.41) is 0. The van der Waals surface area contributed by atoms with E-state index in [9.17, 15) is 4.39 Å². The molecule has 0 bridgehead atoms. The van der Waals surface area contributed by atoms with E-state index in [1.807, 2.05) is 6.07 Å². The summed E-state index contributed by atoms with van der Waals surface area (Å²) in [4.78, 5) is 2.42. The van der Waals surface area contributed by atoms with Crippen molar-refractivity contribution in [3.63, 3.8) is 0 Å². The molecule has 2 atom stereocenters. The molecule has 80 valence electrons. The molecule has 0 aliphatic carbocycles. The quantitative estimate of drug-likeness (QED) is 0.701. The van der Waals surface area contributed by atoms with Crippen LogP contribution in [0.3, 0.4) is 0 Å². The largest absolute Gasteiger partial charge is 0.323 e. The third-order valence-electron chi connectivity index (χ3n) is 3.67. The van der Waals surface area contributed by atoms with Gasteiger partial charge in [-0.05, 0) is 42.6 Å². The maximum atomic E-state index is 13.1. The summed E-state index contributed by atoms with van der Waals surface area (Å²) in [7, 11) is 0. The van der Waals surface area contributed by atoms with Crippen LogP contribution in [0.5, 0.6) is 0 Å². The van der Waals surface area contributed by atoms with Gasteiger partial charge in [0.2, 0.25) is 0 Å². The molecular weight excluding hydrogens is 191 g/mol. The van der Waals surface area contributed by atoms with Crippen LogP contribution in [0.25, 0.3) is 0 Å². The van der Waals surface area contributed by atoms with Crippen LogP contribution in [-0.4, -0.2) is 17.5 Å². The molecular formula is C12H15FN2. The van der Waals surface area contributed by atoms with Crippen LogP contribution < -0.4 is 5.73 Å². The van der Waals surface area contributed by atoms with Crippen molar-refractivity contribution in [2.45, 2.75) is 31.5 Å². The van der Waals surface area contributed by atoms with Gasteiger partial charge in [0, 0.05) is 18.6 Å². The smallest absolute Gasteiger partial charge is 0.123 e. The Morgan fingerprint density at radius 2 is 2.27 bits per heavy atom. The van der Waals surface area contributed by atoms with E-state index in [4.69, 9.17) is 5.73 Å². The van der Waals surface area contributed by atoms with E-state index in [1.165, 1.54) is 18.1 Å². The van der Waals surface area contributed by atoms with E-state index in [0.29, 0.717) is 6.04 Å². The van der Waals surface area contributed by atoms with Crippen molar-refractivity contribution in [2.24, 2.45) is 5.73 Å². The number of rotatable bonds is 0. The molecule has 2 aliphatic rings. The first kappa shape index (κ1) is 9.31. The van der Waals surface area contributed by atoms with Gasteiger partial charge in [0.05, 0.1) is 0 Å². The Labute approximate surface area is 88.9 Å². The normalized spacial score (nSPS) is 30.0. The molecule has 0 aromatic heterocycles. The van der Waals surface area contributed by atoms with Crippen molar-refractivity contribution in [2.75, 3.05) is 6.54 Å². The van der Waals surface area contributed by atoms with E-state index in [-0.39, 0.29) is 11.9 Å². The Kier molecular flexibility index (Phi) is 2.04. The molecule has 0 amide bonds. The minimum Gasteiger partial charge on any atom is -0.323 e. The van der Waals surface area contributed by atoms with Crippen LogP contribution in [0.2, 0.25) is 0 Å². The van der Waals surface area contributed by atoms with E-state index < -0.39 is 0 Å². The molecule has 0 radical (unpaired) electrons. The summed E-state index contributed by atoms with van der Waals surface area (Å²) in [6.45, 7) is 2.07. The molecule has 1 fully saturated rings. The molecule has 2 heterocycles. The zero-order valence-corrected chi connectivity index (χ0v) is 8.62. The first-order chi connectivity index (χ1) is 7.25. The highest BCUT2D eigenvalue weighted by Crippen LogP contribution is 2.35. The summed E-state index contributed by atoms with van der Waals surface area (Å²) in [5.74, 6) is -0.171. The predicted octanol–water partition coefficient (Wildman–Crippen LogP) is 1.80. The fourth-order valence-corrected chi connectivity index (χ4v) is 2.90. The second kappa shape index (κ2) is 3.29. The summed E-state index contributed by atoms with van der Waals surface area (Å²) in [5.41, 5.74) is 8.40.